The molecule has 1 saturated carbocycles. The third-order valence-electron chi connectivity index (χ3n) is 4.79. The van der Waals surface area contributed by atoms with E-state index in [1.165, 1.54) is 25.6 Å². The van der Waals surface area contributed by atoms with E-state index in [4.69, 9.17) is 0 Å². The molecule has 2 aromatic heterocycles. The van der Waals surface area contributed by atoms with Crippen LogP contribution >= 0.6 is 0 Å². The lowest BCUT2D eigenvalue weighted by Crippen LogP contribution is -2.24. The quantitative estimate of drug-likeness (QED) is 0.762. The number of carbonyl (C=O) groups excluding carboxylic acids is 1. The fourth-order valence-corrected chi connectivity index (χ4v) is 3.39. The maximum absolute atomic E-state index is 12.5. The van der Waals surface area contributed by atoms with Gasteiger partial charge in [0.2, 0.25) is 0 Å². The van der Waals surface area contributed by atoms with Crippen LogP contribution in [0.1, 0.15) is 54.2 Å². The lowest BCUT2D eigenvalue weighted by molar-refractivity contribution is 0.0946. The Hall–Kier alpha value is -3.03. The summed E-state index contributed by atoms with van der Waals surface area (Å²) in [4.78, 5) is 16.4. The largest absolute Gasteiger partial charge is 0.346 e. The van der Waals surface area contributed by atoms with E-state index >= 15 is 0 Å². The number of aromatic nitrogens is 6. The molecule has 2 heterocycles. The Morgan fingerprint density at radius 2 is 2.04 bits per heavy atom. The van der Waals surface area contributed by atoms with Gasteiger partial charge in [-0.25, -0.2) is 14.3 Å². The molecule has 1 N–H and O–H groups in total. The van der Waals surface area contributed by atoms with Crippen molar-refractivity contribution in [1.29, 1.82) is 0 Å². The molecule has 1 amide bonds. The van der Waals surface area contributed by atoms with E-state index in [1.54, 1.807) is 17.2 Å². The Bertz CT molecular complexity index is 865. The van der Waals surface area contributed by atoms with Crippen molar-refractivity contribution in [3.8, 4) is 5.69 Å². The van der Waals surface area contributed by atoms with Gasteiger partial charge < -0.3 is 5.32 Å². The molecule has 4 rings (SSSR count). The molecule has 1 aliphatic carbocycles. The maximum atomic E-state index is 12.5. The smallest absolute Gasteiger partial charge is 0.273 e. The maximum Gasteiger partial charge on any atom is 0.273 e. The van der Waals surface area contributed by atoms with E-state index in [2.05, 4.69) is 25.7 Å². The fourth-order valence-electron chi connectivity index (χ4n) is 3.39. The first-order valence-corrected chi connectivity index (χ1v) is 8.94. The van der Waals surface area contributed by atoms with Crippen molar-refractivity contribution in [3.63, 3.8) is 0 Å². The summed E-state index contributed by atoms with van der Waals surface area (Å²) in [6.45, 7) is 0.380. The number of hydrogen-bond donors (Lipinski definition) is 1. The number of amides is 1. The van der Waals surface area contributed by atoms with E-state index in [-0.39, 0.29) is 5.91 Å². The Morgan fingerprint density at radius 1 is 1.19 bits per heavy atom. The standard InChI is InChI=1S/C18H21N7O/c26-18(16-11-24(23-22-16)15-7-2-1-3-8-15)20-10-14-6-4-5-9-17(14)25-13-19-12-21-25/h4-6,9,11-13,15H,1-3,7-8,10H2,(H,20,26). The van der Waals surface area contributed by atoms with Crippen LogP contribution in [0.2, 0.25) is 0 Å². The summed E-state index contributed by atoms with van der Waals surface area (Å²) in [7, 11) is 0. The minimum atomic E-state index is -0.222. The topological polar surface area (TPSA) is 90.5 Å². The molecule has 8 nitrogen and oxygen atoms in total. The van der Waals surface area contributed by atoms with Gasteiger partial charge in [0.15, 0.2) is 5.69 Å². The molecule has 26 heavy (non-hydrogen) atoms. The van der Waals surface area contributed by atoms with Crippen LogP contribution in [-0.2, 0) is 6.54 Å². The molecule has 0 saturated heterocycles. The predicted octanol–water partition coefficient (Wildman–Crippen LogP) is 2.29. The molecule has 0 atom stereocenters. The summed E-state index contributed by atoms with van der Waals surface area (Å²) in [5.41, 5.74) is 2.19. The molecule has 0 unspecified atom stereocenters. The predicted molar refractivity (Wildman–Crippen MR) is 94.7 cm³/mol. The summed E-state index contributed by atoms with van der Waals surface area (Å²) in [5.74, 6) is -0.222. The number of rotatable bonds is 5. The molecule has 1 fully saturated rings. The first-order valence-electron chi connectivity index (χ1n) is 8.94. The second-order valence-corrected chi connectivity index (χ2v) is 6.53. The third-order valence-corrected chi connectivity index (χ3v) is 4.79. The van der Waals surface area contributed by atoms with Crippen molar-refractivity contribution < 1.29 is 4.79 Å². The number of para-hydroxylation sites is 1. The molecular weight excluding hydrogens is 330 g/mol. The fraction of sp³-hybridized carbons (Fsp3) is 0.389. The summed E-state index contributed by atoms with van der Waals surface area (Å²) < 4.78 is 3.53. The van der Waals surface area contributed by atoms with E-state index in [1.807, 2.05) is 28.9 Å². The summed E-state index contributed by atoms with van der Waals surface area (Å²) >= 11 is 0. The molecular formula is C18H21N7O. The first-order chi connectivity index (χ1) is 12.8. The van der Waals surface area contributed by atoms with Crippen molar-refractivity contribution in [2.75, 3.05) is 0 Å². The minimum Gasteiger partial charge on any atom is -0.346 e. The molecule has 8 heteroatoms. The monoisotopic (exact) mass is 351 g/mol. The van der Waals surface area contributed by atoms with E-state index in [0.717, 1.165) is 24.1 Å². The highest BCUT2D eigenvalue weighted by atomic mass is 16.2. The van der Waals surface area contributed by atoms with Gasteiger partial charge in [0.25, 0.3) is 5.91 Å². The third kappa shape index (κ3) is 3.49. The Kier molecular flexibility index (Phi) is 4.72. The van der Waals surface area contributed by atoms with Crippen molar-refractivity contribution in [2.24, 2.45) is 0 Å². The molecule has 0 bridgehead atoms. The number of benzene rings is 1. The highest BCUT2D eigenvalue weighted by molar-refractivity contribution is 5.91. The van der Waals surface area contributed by atoms with Gasteiger partial charge >= 0.3 is 0 Å². The van der Waals surface area contributed by atoms with E-state index in [0.29, 0.717) is 18.3 Å². The van der Waals surface area contributed by atoms with E-state index in [9.17, 15) is 4.79 Å². The SMILES string of the molecule is O=C(NCc1ccccc1-n1cncn1)c1cn(C2CCCCC2)nn1. The highest BCUT2D eigenvalue weighted by Gasteiger charge is 2.19. The summed E-state index contributed by atoms with van der Waals surface area (Å²) in [5, 5.41) is 15.3. The second-order valence-electron chi connectivity index (χ2n) is 6.53. The Labute approximate surface area is 151 Å². The van der Waals surface area contributed by atoms with Crippen LogP contribution in [0.25, 0.3) is 5.69 Å². The first kappa shape index (κ1) is 16.4. The number of nitrogens with one attached hydrogen (secondary N) is 1. The summed E-state index contributed by atoms with van der Waals surface area (Å²) in [6.07, 6.45) is 10.8. The van der Waals surface area contributed by atoms with Gasteiger partial charge in [-0.2, -0.15) is 5.10 Å². The molecule has 1 aromatic carbocycles. The van der Waals surface area contributed by atoms with Crippen LogP contribution in [0.4, 0.5) is 0 Å². The van der Waals surface area contributed by atoms with Crippen molar-refractivity contribution >= 4 is 5.91 Å². The minimum absolute atomic E-state index is 0.222. The number of carbonyl (C=O) groups is 1. The van der Waals surface area contributed by atoms with Gasteiger partial charge in [-0.3, -0.25) is 4.79 Å². The normalized spacial score (nSPS) is 15.1. The number of hydrogen-bond acceptors (Lipinski definition) is 5. The van der Waals surface area contributed by atoms with Crippen LogP contribution in [0, 0.1) is 0 Å². The van der Waals surface area contributed by atoms with Crippen molar-refractivity contribution in [2.45, 2.75) is 44.7 Å². The Balaban J connectivity index is 1.43. The van der Waals surface area contributed by atoms with Gasteiger partial charge in [-0.05, 0) is 24.5 Å². The van der Waals surface area contributed by atoms with Gasteiger partial charge in [-0.1, -0.05) is 42.7 Å². The van der Waals surface area contributed by atoms with Gasteiger partial charge in [0, 0.05) is 6.54 Å². The van der Waals surface area contributed by atoms with Crippen LogP contribution in [0.15, 0.2) is 43.1 Å². The molecule has 134 valence electrons. The lowest BCUT2D eigenvalue weighted by Gasteiger charge is -2.20. The average molecular weight is 351 g/mol. The zero-order valence-corrected chi connectivity index (χ0v) is 14.5. The van der Waals surface area contributed by atoms with Gasteiger partial charge in [-0.15, -0.1) is 5.10 Å². The molecule has 0 radical (unpaired) electrons. The van der Waals surface area contributed by atoms with E-state index < -0.39 is 0 Å². The van der Waals surface area contributed by atoms with Crippen molar-refractivity contribution in [1.82, 2.24) is 35.1 Å². The summed E-state index contributed by atoms with van der Waals surface area (Å²) in [6, 6.07) is 8.12. The van der Waals surface area contributed by atoms with Crippen LogP contribution < -0.4 is 5.32 Å². The van der Waals surface area contributed by atoms with Gasteiger partial charge in [0.1, 0.15) is 12.7 Å². The Morgan fingerprint density at radius 3 is 2.85 bits per heavy atom. The second kappa shape index (κ2) is 7.47. The zero-order chi connectivity index (χ0) is 17.8. The molecule has 0 spiro atoms. The average Bonchev–Trinajstić information content (AvgIpc) is 3.39. The van der Waals surface area contributed by atoms with Gasteiger partial charge in [0.05, 0.1) is 17.9 Å². The molecule has 0 aliphatic heterocycles. The van der Waals surface area contributed by atoms with Crippen LogP contribution in [0.5, 0.6) is 0 Å². The number of nitrogens with zero attached hydrogens (tertiary/aromatic N) is 6. The molecule has 3 aromatic rings. The van der Waals surface area contributed by atoms with Crippen LogP contribution in [-0.4, -0.2) is 35.7 Å². The lowest BCUT2D eigenvalue weighted by atomic mass is 9.96. The van der Waals surface area contributed by atoms with Crippen molar-refractivity contribution in [3.05, 3.63) is 54.4 Å². The van der Waals surface area contributed by atoms with Crippen LogP contribution in [0.3, 0.4) is 0 Å². The molecule has 1 aliphatic rings. The highest BCUT2D eigenvalue weighted by Crippen LogP contribution is 2.27. The zero-order valence-electron chi connectivity index (χ0n) is 14.5.